The first-order chi connectivity index (χ1) is 8.40. The lowest BCUT2D eigenvalue weighted by atomic mass is 9.80. The van der Waals surface area contributed by atoms with Crippen LogP contribution in [0.25, 0.3) is 0 Å². The van der Waals surface area contributed by atoms with E-state index in [4.69, 9.17) is 4.74 Å². The van der Waals surface area contributed by atoms with Crippen LogP contribution in [0.3, 0.4) is 0 Å². The number of rotatable bonds is 6. The van der Waals surface area contributed by atoms with E-state index in [1.165, 1.54) is 0 Å². The van der Waals surface area contributed by atoms with E-state index in [1.54, 1.807) is 18.9 Å². The highest BCUT2D eigenvalue weighted by Gasteiger charge is 2.37. The second-order valence-corrected chi connectivity index (χ2v) is 5.49. The molecule has 0 radical (unpaired) electrons. The summed E-state index contributed by atoms with van der Waals surface area (Å²) in [4.78, 5) is 13.7. The molecule has 1 aliphatic carbocycles. The maximum absolute atomic E-state index is 12.1. The third-order valence-electron chi connectivity index (χ3n) is 3.60. The van der Waals surface area contributed by atoms with E-state index >= 15 is 0 Å². The van der Waals surface area contributed by atoms with Crippen molar-refractivity contribution in [1.82, 2.24) is 10.2 Å². The average Bonchev–Trinajstić information content (AvgIpc) is 2.24. The number of nitrogens with one attached hydrogen (secondary N) is 1. The summed E-state index contributed by atoms with van der Waals surface area (Å²) in [5.41, 5.74) is -0.164. The Kier molecular flexibility index (Phi) is 5.41. The minimum Gasteiger partial charge on any atom is -0.392 e. The SMILES string of the molecule is COC1(CNC(=O)N(CC(C)O)C(C)C)CCC1. The first kappa shape index (κ1) is 15.2. The average molecular weight is 258 g/mol. The zero-order chi connectivity index (χ0) is 13.8. The Morgan fingerprint density at radius 2 is 2.06 bits per heavy atom. The molecule has 0 saturated heterocycles. The van der Waals surface area contributed by atoms with Crippen LogP contribution in [0.5, 0.6) is 0 Å². The summed E-state index contributed by atoms with van der Waals surface area (Å²) in [6, 6.07) is -0.0614. The summed E-state index contributed by atoms with van der Waals surface area (Å²) in [6.45, 7) is 6.47. The van der Waals surface area contributed by atoms with Gasteiger partial charge in [-0.05, 0) is 40.0 Å². The van der Waals surface area contributed by atoms with Crippen molar-refractivity contribution in [2.75, 3.05) is 20.2 Å². The van der Waals surface area contributed by atoms with E-state index in [0.29, 0.717) is 13.1 Å². The number of aliphatic hydroxyl groups excluding tert-OH is 1. The third kappa shape index (κ3) is 3.85. The minimum atomic E-state index is -0.516. The van der Waals surface area contributed by atoms with Crippen molar-refractivity contribution < 1.29 is 14.6 Å². The number of nitrogens with zero attached hydrogens (tertiary/aromatic N) is 1. The van der Waals surface area contributed by atoms with Crippen LogP contribution in [-0.4, -0.2) is 54.0 Å². The molecule has 106 valence electrons. The van der Waals surface area contributed by atoms with Gasteiger partial charge in [0.2, 0.25) is 0 Å². The number of carbonyl (C=O) groups is 1. The van der Waals surface area contributed by atoms with Gasteiger partial charge in [-0.2, -0.15) is 0 Å². The fraction of sp³-hybridized carbons (Fsp3) is 0.923. The van der Waals surface area contributed by atoms with Crippen molar-refractivity contribution in [2.45, 2.75) is 57.8 Å². The molecule has 0 aliphatic heterocycles. The van der Waals surface area contributed by atoms with E-state index in [0.717, 1.165) is 19.3 Å². The smallest absolute Gasteiger partial charge is 0.317 e. The van der Waals surface area contributed by atoms with E-state index in [1.807, 2.05) is 13.8 Å². The normalized spacial score (nSPS) is 19.2. The molecule has 5 heteroatoms. The topological polar surface area (TPSA) is 61.8 Å². The second kappa shape index (κ2) is 6.38. The van der Waals surface area contributed by atoms with Crippen LogP contribution in [0.15, 0.2) is 0 Å². The van der Waals surface area contributed by atoms with Gasteiger partial charge in [0.05, 0.1) is 11.7 Å². The lowest BCUT2D eigenvalue weighted by Gasteiger charge is -2.41. The van der Waals surface area contributed by atoms with E-state index in [-0.39, 0.29) is 17.7 Å². The van der Waals surface area contributed by atoms with E-state index in [9.17, 15) is 9.90 Å². The largest absolute Gasteiger partial charge is 0.392 e. The molecule has 1 unspecified atom stereocenters. The Morgan fingerprint density at radius 3 is 2.39 bits per heavy atom. The van der Waals surface area contributed by atoms with E-state index < -0.39 is 6.10 Å². The second-order valence-electron chi connectivity index (χ2n) is 5.49. The first-order valence-electron chi connectivity index (χ1n) is 6.68. The number of amides is 2. The van der Waals surface area contributed by atoms with Crippen molar-refractivity contribution in [1.29, 1.82) is 0 Å². The summed E-state index contributed by atoms with van der Waals surface area (Å²) < 4.78 is 5.46. The highest BCUT2D eigenvalue weighted by atomic mass is 16.5. The highest BCUT2D eigenvalue weighted by Crippen LogP contribution is 2.34. The fourth-order valence-electron chi connectivity index (χ4n) is 2.18. The zero-order valence-electron chi connectivity index (χ0n) is 11.9. The van der Waals surface area contributed by atoms with Gasteiger partial charge in [0, 0.05) is 26.2 Å². The molecule has 2 N–H and O–H groups in total. The first-order valence-corrected chi connectivity index (χ1v) is 6.68. The van der Waals surface area contributed by atoms with Crippen LogP contribution < -0.4 is 5.32 Å². The molecule has 2 amide bonds. The van der Waals surface area contributed by atoms with Gasteiger partial charge < -0.3 is 20.1 Å². The monoisotopic (exact) mass is 258 g/mol. The predicted molar refractivity (Wildman–Crippen MR) is 70.5 cm³/mol. The lowest BCUT2D eigenvalue weighted by molar-refractivity contribution is -0.0681. The molecule has 0 bridgehead atoms. The molecule has 0 aromatic carbocycles. The van der Waals surface area contributed by atoms with Gasteiger partial charge in [-0.15, -0.1) is 0 Å². The number of carbonyl (C=O) groups excluding carboxylic acids is 1. The molecule has 18 heavy (non-hydrogen) atoms. The molecule has 0 spiro atoms. The summed E-state index contributed by atoms with van der Waals surface area (Å²) in [5, 5.41) is 12.3. The maximum atomic E-state index is 12.1. The molecule has 0 heterocycles. The van der Waals surface area contributed by atoms with Crippen LogP contribution in [0, 0.1) is 0 Å². The number of methoxy groups -OCH3 is 1. The van der Waals surface area contributed by atoms with Crippen molar-refractivity contribution in [3.05, 3.63) is 0 Å². The quantitative estimate of drug-likeness (QED) is 0.756. The van der Waals surface area contributed by atoms with Gasteiger partial charge in [0.1, 0.15) is 0 Å². The molecular formula is C13H26N2O3. The summed E-state index contributed by atoms with van der Waals surface area (Å²) >= 11 is 0. The molecule has 1 rings (SSSR count). The molecule has 1 atom stereocenters. The maximum Gasteiger partial charge on any atom is 0.317 e. The fourth-order valence-corrected chi connectivity index (χ4v) is 2.18. The van der Waals surface area contributed by atoms with Gasteiger partial charge in [-0.1, -0.05) is 0 Å². The molecule has 0 aromatic heterocycles. The molecular weight excluding hydrogens is 232 g/mol. The molecule has 5 nitrogen and oxygen atoms in total. The van der Waals surface area contributed by atoms with Crippen LogP contribution in [0.2, 0.25) is 0 Å². The summed E-state index contributed by atoms with van der Waals surface area (Å²) in [7, 11) is 1.70. The lowest BCUT2D eigenvalue weighted by Crippen LogP contribution is -2.54. The van der Waals surface area contributed by atoms with Gasteiger partial charge in [0.15, 0.2) is 0 Å². The predicted octanol–water partition coefficient (Wildman–Crippen LogP) is 1.36. The highest BCUT2D eigenvalue weighted by molar-refractivity contribution is 5.74. The third-order valence-corrected chi connectivity index (χ3v) is 3.60. The number of ether oxygens (including phenoxy) is 1. The van der Waals surface area contributed by atoms with Gasteiger partial charge in [0.25, 0.3) is 0 Å². The van der Waals surface area contributed by atoms with Crippen molar-refractivity contribution >= 4 is 6.03 Å². The molecule has 1 fully saturated rings. The van der Waals surface area contributed by atoms with Gasteiger partial charge >= 0.3 is 6.03 Å². The molecule has 1 aliphatic rings. The van der Waals surface area contributed by atoms with Crippen molar-refractivity contribution in [2.24, 2.45) is 0 Å². The van der Waals surface area contributed by atoms with Gasteiger partial charge in [-0.3, -0.25) is 0 Å². The number of hydrogen-bond donors (Lipinski definition) is 2. The van der Waals surface area contributed by atoms with Crippen LogP contribution in [0.4, 0.5) is 4.79 Å². The number of aliphatic hydroxyl groups is 1. The zero-order valence-corrected chi connectivity index (χ0v) is 11.9. The Labute approximate surface area is 109 Å². The van der Waals surface area contributed by atoms with Crippen LogP contribution >= 0.6 is 0 Å². The molecule has 1 saturated carbocycles. The summed E-state index contributed by atoms with van der Waals surface area (Å²) in [5.74, 6) is 0. The van der Waals surface area contributed by atoms with Gasteiger partial charge in [-0.25, -0.2) is 4.79 Å². The van der Waals surface area contributed by atoms with Crippen molar-refractivity contribution in [3.63, 3.8) is 0 Å². The number of urea groups is 1. The number of hydrogen-bond acceptors (Lipinski definition) is 3. The Balaban J connectivity index is 2.46. The Hall–Kier alpha value is -0.810. The van der Waals surface area contributed by atoms with E-state index in [2.05, 4.69) is 5.32 Å². The minimum absolute atomic E-state index is 0.0690. The molecule has 0 aromatic rings. The van der Waals surface area contributed by atoms with Crippen molar-refractivity contribution in [3.8, 4) is 0 Å². The Morgan fingerprint density at radius 1 is 1.44 bits per heavy atom. The Bertz CT molecular complexity index is 270. The summed E-state index contributed by atoms with van der Waals surface area (Å²) in [6.07, 6.45) is 2.65. The van der Waals surface area contributed by atoms with Crippen LogP contribution in [0.1, 0.15) is 40.0 Å². The van der Waals surface area contributed by atoms with Crippen LogP contribution in [-0.2, 0) is 4.74 Å². The standard InChI is InChI=1S/C13H26N2O3/c1-10(2)15(8-11(3)16)12(17)14-9-13(18-4)6-5-7-13/h10-11,16H,5-9H2,1-4H3,(H,14,17).